The second-order valence-corrected chi connectivity index (χ2v) is 26.3. The van der Waals surface area contributed by atoms with Crippen molar-refractivity contribution in [1.82, 2.24) is 0 Å². The van der Waals surface area contributed by atoms with Gasteiger partial charge in [0.15, 0.2) is 25.2 Å². The molecule has 0 radical (unpaired) electrons. The van der Waals surface area contributed by atoms with Gasteiger partial charge < -0.3 is 93.0 Å². The fourth-order valence-electron chi connectivity index (χ4n) is 15.9. The summed E-state index contributed by atoms with van der Waals surface area (Å²) in [4.78, 5) is 27.4. The van der Waals surface area contributed by atoms with Crippen molar-refractivity contribution in [3.05, 3.63) is 35.5 Å². The lowest BCUT2D eigenvalue weighted by molar-refractivity contribution is -0.382. The van der Waals surface area contributed by atoms with E-state index < -0.39 is 187 Å². The maximum Gasteiger partial charge on any atom is 0.397 e. The maximum atomic E-state index is 14.6. The van der Waals surface area contributed by atoms with Crippen LogP contribution in [0.15, 0.2) is 35.5 Å². The predicted octanol–water partition coefficient (Wildman–Crippen LogP) is 0.396. The first-order valence-electron chi connectivity index (χ1n) is 28.0. The third kappa shape index (κ3) is 11.1. The van der Waals surface area contributed by atoms with Crippen molar-refractivity contribution in [1.29, 1.82) is 0 Å². The Kier molecular flexibility index (Phi) is 18.0. The molecule has 0 amide bonds. The molecule has 0 aromatic rings. The number of carbonyl (C=O) groups is 2. The lowest BCUT2D eigenvalue weighted by Crippen LogP contribution is -2.65. The molecule has 5 saturated heterocycles. The van der Waals surface area contributed by atoms with Gasteiger partial charge in [0, 0.05) is 19.4 Å². The molecule has 9 aliphatic rings. The van der Waals surface area contributed by atoms with Gasteiger partial charge in [-0.05, 0) is 95.0 Å². The smallest absolute Gasteiger partial charge is 0.397 e. The number of carbonyl (C=O) groups excluding carboxylic acids is 2. The highest BCUT2D eigenvalue weighted by Gasteiger charge is 2.79. The van der Waals surface area contributed by atoms with Crippen molar-refractivity contribution < 1.29 is 120 Å². The third-order valence-electron chi connectivity index (χ3n) is 19.8. The van der Waals surface area contributed by atoms with Gasteiger partial charge in [0.05, 0.1) is 43.4 Å². The van der Waals surface area contributed by atoms with Crippen molar-refractivity contribution in [3.8, 4) is 0 Å². The summed E-state index contributed by atoms with van der Waals surface area (Å²) in [7, 11) is -3.95. The number of ether oxygens (including phenoxy) is 11. The Morgan fingerprint density at radius 2 is 1.42 bits per heavy atom. The van der Waals surface area contributed by atoms with Gasteiger partial charge in [-0.1, -0.05) is 57.1 Å². The number of hydrogen-bond donors (Lipinski definition) is 9. The molecule has 0 aromatic carbocycles. The molecule has 27 atom stereocenters. The summed E-state index contributed by atoms with van der Waals surface area (Å²) < 4.78 is 104. The monoisotopic (exact) mass is 1180 g/mol. The minimum absolute atomic E-state index is 0.0241. The minimum Gasteiger partial charge on any atom is -0.462 e. The third-order valence-corrected chi connectivity index (χ3v) is 20.3. The van der Waals surface area contributed by atoms with E-state index in [1.54, 1.807) is 0 Å². The van der Waals surface area contributed by atoms with Crippen molar-refractivity contribution in [2.75, 3.05) is 26.9 Å². The summed E-state index contributed by atoms with van der Waals surface area (Å²) in [5.41, 5.74) is -1.42. The summed E-state index contributed by atoms with van der Waals surface area (Å²) in [5, 5.41) is 88.4. The number of cyclic esters (lactones) is 1. The molecule has 1 spiro atoms. The van der Waals surface area contributed by atoms with Gasteiger partial charge in [0.1, 0.15) is 91.1 Å². The summed E-state index contributed by atoms with van der Waals surface area (Å²) >= 11 is 0. The zero-order valence-electron chi connectivity index (χ0n) is 47.4. The van der Waals surface area contributed by atoms with E-state index in [-0.39, 0.29) is 23.2 Å². The quantitative estimate of drug-likeness (QED) is 0.0464. The first kappa shape index (κ1) is 62.9. The number of allylic oxidation sites excluding steroid dienone is 5. The molecule has 8 fully saturated rings. The van der Waals surface area contributed by atoms with Crippen LogP contribution in [0.25, 0.3) is 0 Å². The Hall–Kier alpha value is -2.65. The average molecular weight is 1180 g/mol. The van der Waals surface area contributed by atoms with Crippen molar-refractivity contribution in [2.24, 2.45) is 39.4 Å². The Morgan fingerprint density at radius 1 is 0.765 bits per heavy atom. The van der Waals surface area contributed by atoms with Crippen LogP contribution in [-0.2, 0) is 76.3 Å². The molecular weight excluding hydrogens is 1090 g/mol. The Balaban J connectivity index is 0.912. The predicted molar refractivity (Wildman–Crippen MR) is 276 cm³/mol. The molecule has 5 heterocycles. The molecule has 0 unspecified atom stereocenters. The van der Waals surface area contributed by atoms with E-state index in [4.69, 9.17) is 56.3 Å². The van der Waals surface area contributed by atoms with Gasteiger partial charge in [-0.15, -0.1) is 0 Å². The van der Waals surface area contributed by atoms with Crippen LogP contribution in [0.3, 0.4) is 0 Å². The summed E-state index contributed by atoms with van der Waals surface area (Å²) in [6.07, 6.45) is -18.9. The number of methoxy groups -OCH3 is 1. The molecule has 0 bridgehead atoms. The number of hydrogen-bond acceptors (Lipinski definition) is 24. The topological polar surface area (TPSA) is 361 Å². The van der Waals surface area contributed by atoms with Gasteiger partial charge in [-0.2, -0.15) is 8.42 Å². The lowest BCUT2D eigenvalue weighted by atomic mass is 9.41. The largest absolute Gasteiger partial charge is 0.462 e. The maximum absolute atomic E-state index is 14.6. The summed E-state index contributed by atoms with van der Waals surface area (Å²) in [6.45, 7) is 15.5. The van der Waals surface area contributed by atoms with Crippen LogP contribution in [0.1, 0.15) is 101 Å². The van der Waals surface area contributed by atoms with E-state index in [1.807, 2.05) is 39.0 Å². The van der Waals surface area contributed by atoms with Gasteiger partial charge in [0.25, 0.3) is 0 Å². The molecule has 0 aromatic heterocycles. The van der Waals surface area contributed by atoms with E-state index in [1.165, 1.54) is 21.0 Å². The molecule has 460 valence electrons. The van der Waals surface area contributed by atoms with E-state index in [9.17, 15) is 63.4 Å². The molecule has 5 aliphatic heterocycles. The van der Waals surface area contributed by atoms with Crippen LogP contribution in [-0.4, -0.2) is 221 Å². The second-order valence-electron chi connectivity index (χ2n) is 25.3. The number of aliphatic hydroxyl groups is 8. The zero-order valence-corrected chi connectivity index (χ0v) is 48.2. The molecule has 9 N–H and O–H groups in total. The van der Waals surface area contributed by atoms with E-state index in [0.29, 0.717) is 38.5 Å². The van der Waals surface area contributed by atoms with Crippen LogP contribution in [0, 0.1) is 39.4 Å². The van der Waals surface area contributed by atoms with Crippen molar-refractivity contribution in [3.63, 3.8) is 0 Å². The molecule has 3 saturated carbocycles. The number of aliphatic hydroxyl groups excluding tert-OH is 8. The fourth-order valence-corrected chi connectivity index (χ4v) is 16.4. The second kappa shape index (κ2) is 23.2. The molecule has 26 heteroatoms. The van der Waals surface area contributed by atoms with Gasteiger partial charge in [-0.25, -0.2) is 4.18 Å². The SMILES string of the molecule is CO[C@@H]1[C@@H](O)[C@H](O[C@@H]2[C@@H](O)[C@H](O[C@H]3[C@H](O)[C@@H](O)[C@H](O[C@H]4[C@H](O[C@H]5CC[C@]6(C)[C@@H]7CC[C@]89C(=O)O[C@@](C)(/C=C\C=C(C)C)[C@H]8[C@@H](OC(C)=O)C[C@@]9(C)C7=CC[C@H]6C5(C)C)OC[C@@H](OS(=O)(=O)O)[C@@H]4O)O[C@@H]3C)OC[C@H]2O)O[C@H](CO)[C@H]1O. The number of fused-ring (bicyclic) bond motifs is 4. The molecule has 9 rings (SSSR count). The highest BCUT2D eigenvalue weighted by Crippen LogP contribution is 2.76. The van der Waals surface area contributed by atoms with Crippen LogP contribution in [0.5, 0.6) is 0 Å². The Bertz CT molecular complexity index is 2510. The van der Waals surface area contributed by atoms with Gasteiger partial charge in [0.2, 0.25) is 0 Å². The van der Waals surface area contributed by atoms with Crippen LogP contribution >= 0.6 is 0 Å². The molecule has 81 heavy (non-hydrogen) atoms. The van der Waals surface area contributed by atoms with E-state index >= 15 is 0 Å². The highest BCUT2D eigenvalue weighted by molar-refractivity contribution is 7.80. The first-order valence-corrected chi connectivity index (χ1v) is 29.4. The first-order chi connectivity index (χ1) is 37.9. The normalized spacial score (nSPS) is 49.6. The van der Waals surface area contributed by atoms with Crippen molar-refractivity contribution >= 4 is 22.3 Å². The van der Waals surface area contributed by atoms with Gasteiger partial charge in [-0.3, -0.25) is 14.1 Å². The Morgan fingerprint density at radius 3 is 2.07 bits per heavy atom. The van der Waals surface area contributed by atoms with Crippen molar-refractivity contribution in [2.45, 2.75) is 229 Å². The zero-order chi connectivity index (χ0) is 59.3. The van der Waals surface area contributed by atoms with E-state index in [0.717, 1.165) is 11.1 Å². The molecule has 25 nitrogen and oxygen atoms in total. The lowest BCUT2D eigenvalue weighted by Gasteiger charge is -2.63. The van der Waals surface area contributed by atoms with Crippen LogP contribution in [0.4, 0.5) is 0 Å². The Labute approximate surface area is 471 Å². The van der Waals surface area contributed by atoms with Gasteiger partial charge >= 0.3 is 22.3 Å². The molecular formula is C55H84O25S. The number of esters is 2. The summed E-state index contributed by atoms with van der Waals surface area (Å²) in [6, 6.07) is 0. The van der Waals surface area contributed by atoms with Crippen LogP contribution < -0.4 is 0 Å². The molecule has 4 aliphatic carbocycles. The minimum atomic E-state index is -5.16. The highest BCUT2D eigenvalue weighted by atomic mass is 32.3. The standard InChI is InChI=1S/C55H84O25S/c1-24(2)12-11-17-54(9)45-30(73-26(4)57)20-53(8)28-13-14-33-51(5,6)34(16-18-52(33,7)27(28)15-19-55(45,53)50(65)79-54)75-49-44(36(60)32(23-71-49)80-81(66,67)68)78-47-38(62)37(61)41(25(3)72-47)76-46-39(63)42(29(58)22-70-46)77-48-40(64)43(69-10)35(59)31(21-56)74-48/h11-13,17,25,27,29-49,56,58-64H,14-16,18-23H2,1-10H3,(H,66,67,68)/b17-11-/t25-,27-,29-,30+,31-,32-,33+,34+,35-,36+,37-,38-,39-,40-,41-,42+,43+,44-,45-,46+,47+,48+,49+,52-,53+,54+,55-/m1/s1. The van der Waals surface area contributed by atoms with E-state index in [2.05, 4.69) is 33.8 Å². The van der Waals surface area contributed by atoms with Crippen LogP contribution in [0.2, 0.25) is 0 Å². The number of rotatable bonds is 15. The summed E-state index contributed by atoms with van der Waals surface area (Å²) in [5.74, 6) is -1.15. The average Bonchev–Trinajstić information content (AvgIpc) is 1.74. The fraction of sp³-hybridized carbons (Fsp3) is 0.855.